The number of benzene rings is 1. The number of amides is 1. The van der Waals surface area contributed by atoms with Crippen LogP contribution in [0.25, 0.3) is 0 Å². The van der Waals surface area contributed by atoms with E-state index in [1.54, 1.807) is 0 Å². The van der Waals surface area contributed by atoms with Crippen molar-refractivity contribution in [1.29, 1.82) is 0 Å². The Morgan fingerprint density at radius 2 is 2.04 bits per heavy atom. The first kappa shape index (κ1) is 18.9. The lowest BCUT2D eigenvalue weighted by atomic mass is 9.98. The van der Waals surface area contributed by atoms with Gasteiger partial charge in [0.1, 0.15) is 0 Å². The molecule has 1 aliphatic heterocycles. The van der Waals surface area contributed by atoms with Crippen LogP contribution >= 0.6 is 0 Å². The number of hydrogen-bond donors (Lipinski definition) is 1. The Labute approximate surface area is 158 Å². The summed E-state index contributed by atoms with van der Waals surface area (Å²) in [5, 5.41) is 9.81. The Morgan fingerprint density at radius 3 is 2.68 bits per heavy atom. The van der Waals surface area contributed by atoms with Gasteiger partial charge in [-0.1, -0.05) is 12.1 Å². The molecule has 28 heavy (non-hydrogen) atoms. The monoisotopic (exact) mass is 394 g/mol. The van der Waals surface area contributed by atoms with Crippen molar-refractivity contribution in [1.82, 2.24) is 4.98 Å². The average Bonchev–Trinajstić information content (AvgIpc) is 3.48. The molecule has 1 saturated carbocycles. The fourth-order valence-corrected chi connectivity index (χ4v) is 3.63. The number of halogens is 4. The Bertz CT molecular complexity index is 942. The molecule has 2 aliphatic rings. The number of aliphatic hydroxyl groups excluding tert-OH is 1. The summed E-state index contributed by atoms with van der Waals surface area (Å²) in [6.07, 6.45) is 0.896. The van der Waals surface area contributed by atoms with E-state index < -0.39 is 35.3 Å². The van der Waals surface area contributed by atoms with Crippen molar-refractivity contribution in [2.75, 3.05) is 4.90 Å². The van der Waals surface area contributed by atoms with Gasteiger partial charge >= 0.3 is 11.8 Å². The fraction of sp³-hybridized carbons (Fsp3) is 0.400. The second-order valence-corrected chi connectivity index (χ2v) is 7.32. The van der Waals surface area contributed by atoms with Crippen molar-refractivity contribution in [3.8, 4) is 0 Å². The molecule has 1 aromatic carbocycles. The van der Waals surface area contributed by atoms with Crippen LogP contribution in [0.5, 0.6) is 0 Å². The van der Waals surface area contributed by atoms with Crippen LogP contribution in [-0.2, 0) is 23.2 Å². The van der Waals surface area contributed by atoms with Crippen LogP contribution in [0.15, 0.2) is 36.5 Å². The lowest BCUT2D eigenvalue weighted by molar-refractivity contribution is -0.141. The van der Waals surface area contributed by atoms with E-state index in [1.807, 2.05) is 0 Å². The van der Waals surface area contributed by atoms with Gasteiger partial charge in [-0.05, 0) is 43.5 Å². The zero-order valence-corrected chi connectivity index (χ0v) is 15.0. The summed E-state index contributed by atoms with van der Waals surface area (Å²) in [5.41, 5.74) is -0.766. The number of hydrogen-bond acceptors (Lipinski definition) is 3. The SMILES string of the molecule is C[C@H](O)c1cccc2c1C(F)(F)C(=O)N2Cc1cc(C(F)(F)C2CC2)ccn1. The van der Waals surface area contributed by atoms with Crippen LogP contribution in [0.3, 0.4) is 0 Å². The lowest BCUT2D eigenvalue weighted by Crippen LogP contribution is -2.34. The van der Waals surface area contributed by atoms with Gasteiger partial charge in [-0.3, -0.25) is 9.78 Å². The third-order valence-corrected chi connectivity index (χ3v) is 5.25. The molecule has 1 atom stereocenters. The Morgan fingerprint density at radius 1 is 1.32 bits per heavy atom. The number of aliphatic hydroxyl groups is 1. The minimum absolute atomic E-state index is 0.0414. The number of alkyl halides is 4. The molecule has 1 fully saturated rings. The van der Waals surface area contributed by atoms with Gasteiger partial charge < -0.3 is 10.0 Å². The van der Waals surface area contributed by atoms with Crippen molar-refractivity contribution >= 4 is 11.6 Å². The van der Waals surface area contributed by atoms with Gasteiger partial charge in [0.2, 0.25) is 0 Å². The van der Waals surface area contributed by atoms with E-state index in [0.717, 1.165) is 4.90 Å². The van der Waals surface area contributed by atoms with Crippen molar-refractivity contribution in [3.63, 3.8) is 0 Å². The zero-order chi connectivity index (χ0) is 20.3. The van der Waals surface area contributed by atoms with Crippen LogP contribution in [0.2, 0.25) is 0 Å². The minimum atomic E-state index is -3.81. The predicted octanol–water partition coefficient (Wildman–Crippen LogP) is 4.28. The highest BCUT2D eigenvalue weighted by Gasteiger charge is 2.54. The smallest absolute Gasteiger partial charge is 0.352 e. The van der Waals surface area contributed by atoms with E-state index in [1.165, 1.54) is 43.5 Å². The van der Waals surface area contributed by atoms with E-state index in [9.17, 15) is 27.5 Å². The van der Waals surface area contributed by atoms with Crippen molar-refractivity contribution in [2.45, 2.75) is 44.3 Å². The average molecular weight is 394 g/mol. The summed E-state index contributed by atoms with van der Waals surface area (Å²) in [4.78, 5) is 17.2. The highest BCUT2D eigenvalue weighted by atomic mass is 19.3. The molecule has 1 aromatic heterocycles. The number of rotatable bonds is 5. The second kappa shape index (κ2) is 6.27. The van der Waals surface area contributed by atoms with E-state index in [4.69, 9.17) is 0 Å². The molecular formula is C20H18F4N2O2. The maximum atomic E-state index is 14.6. The molecule has 4 rings (SSSR count). The molecule has 1 amide bonds. The molecule has 4 nitrogen and oxygen atoms in total. The molecule has 1 aliphatic carbocycles. The van der Waals surface area contributed by atoms with Gasteiger partial charge in [0, 0.05) is 17.7 Å². The Kier molecular flexibility index (Phi) is 4.22. The summed E-state index contributed by atoms with van der Waals surface area (Å²) in [7, 11) is 0. The molecular weight excluding hydrogens is 376 g/mol. The lowest BCUT2D eigenvalue weighted by Gasteiger charge is -2.19. The van der Waals surface area contributed by atoms with Gasteiger partial charge in [-0.15, -0.1) is 0 Å². The molecule has 0 radical (unpaired) electrons. The molecule has 0 spiro atoms. The first-order valence-electron chi connectivity index (χ1n) is 8.98. The number of carbonyl (C=O) groups is 1. The first-order chi connectivity index (χ1) is 13.1. The van der Waals surface area contributed by atoms with Crippen LogP contribution in [0.1, 0.15) is 48.3 Å². The standard InChI is InChI=1S/C20H18F4N2O2/c1-11(27)15-3-2-4-16-17(15)20(23,24)18(28)26(16)10-14-9-13(7-8-25-14)19(21,22)12-5-6-12/h2-4,7-9,11-12,27H,5-6,10H2,1H3/t11-/m0/s1. The largest absolute Gasteiger partial charge is 0.389 e. The van der Waals surface area contributed by atoms with E-state index in [0.29, 0.717) is 12.8 Å². The van der Waals surface area contributed by atoms with Crippen LogP contribution in [-0.4, -0.2) is 16.0 Å². The quantitative estimate of drug-likeness (QED) is 0.771. The molecule has 0 unspecified atom stereocenters. The van der Waals surface area contributed by atoms with Gasteiger partial charge in [0.15, 0.2) is 0 Å². The summed E-state index contributed by atoms with van der Waals surface area (Å²) < 4.78 is 58.0. The summed E-state index contributed by atoms with van der Waals surface area (Å²) in [5.74, 6) is -8.99. The predicted molar refractivity (Wildman–Crippen MR) is 93.0 cm³/mol. The van der Waals surface area contributed by atoms with E-state index in [2.05, 4.69) is 4.98 Å². The van der Waals surface area contributed by atoms with Gasteiger partial charge in [-0.2, -0.15) is 8.78 Å². The molecule has 148 valence electrons. The number of nitrogens with zero attached hydrogens (tertiary/aromatic N) is 2. The van der Waals surface area contributed by atoms with Crippen molar-refractivity contribution in [2.24, 2.45) is 5.92 Å². The molecule has 2 heterocycles. The maximum Gasteiger partial charge on any atom is 0.352 e. The summed E-state index contributed by atoms with van der Waals surface area (Å²) in [6, 6.07) is 6.53. The van der Waals surface area contributed by atoms with E-state index >= 15 is 0 Å². The molecule has 8 heteroatoms. The highest BCUT2D eigenvalue weighted by molar-refractivity contribution is 6.06. The third-order valence-electron chi connectivity index (χ3n) is 5.25. The number of anilines is 1. The topological polar surface area (TPSA) is 53.4 Å². The Hall–Kier alpha value is -2.48. The normalized spacial score (nSPS) is 19.6. The molecule has 0 saturated heterocycles. The zero-order valence-electron chi connectivity index (χ0n) is 15.0. The number of pyridine rings is 1. The summed E-state index contributed by atoms with van der Waals surface area (Å²) >= 11 is 0. The van der Waals surface area contributed by atoms with Gasteiger partial charge in [0.05, 0.1) is 29.6 Å². The van der Waals surface area contributed by atoms with Gasteiger partial charge in [-0.25, -0.2) is 8.78 Å². The molecule has 1 N–H and O–H groups in total. The number of fused-ring (bicyclic) bond motifs is 1. The fourth-order valence-electron chi connectivity index (χ4n) is 3.63. The van der Waals surface area contributed by atoms with Gasteiger partial charge in [0.25, 0.3) is 5.92 Å². The van der Waals surface area contributed by atoms with Crippen molar-refractivity contribution < 1.29 is 27.5 Å². The summed E-state index contributed by atoms with van der Waals surface area (Å²) in [6.45, 7) is 0.975. The minimum Gasteiger partial charge on any atom is -0.389 e. The van der Waals surface area contributed by atoms with E-state index in [-0.39, 0.29) is 29.1 Å². The number of carbonyl (C=O) groups excluding carboxylic acids is 1. The van der Waals surface area contributed by atoms with Crippen LogP contribution < -0.4 is 4.90 Å². The maximum absolute atomic E-state index is 14.6. The van der Waals surface area contributed by atoms with Crippen LogP contribution in [0.4, 0.5) is 23.2 Å². The number of aromatic nitrogens is 1. The first-order valence-corrected chi connectivity index (χ1v) is 8.98. The van der Waals surface area contributed by atoms with Crippen LogP contribution in [0, 0.1) is 5.92 Å². The molecule has 0 bridgehead atoms. The van der Waals surface area contributed by atoms with Crippen molar-refractivity contribution in [3.05, 3.63) is 58.9 Å². The second-order valence-electron chi connectivity index (χ2n) is 7.32. The Balaban J connectivity index is 1.71. The molecule has 2 aromatic rings. The highest BCUT2D eigenvalue weighted by Crippen LogP contribution is 2.50. The third kappa shape index (κ3) is 2.87.